The molecule has 1 aliphatic heterocycles. The van der Waals surface area contributed by atoms with Crippen LogP contribution >= 0.6 is 37.2 Å². The van der Waals surface area contributed by atoms with Crippen molar-refractivity contribution in [2.75, 3.05) is 26.7 Å². The number of carbonyl (C=O) groups excluding carboxylic acids is 1. The number of amides is 1. The highest BCUT2D eigenvalue weighted by Crippen LogP contribution is 2.19. The average Bonchev–Trinajstić information content (AvgIpc) is 3.20. The highest BCUT2D eigenvalue weighted by atomic mass is 35.5. The summed E-state index contributed by atoms with van der Waals surface area (Å²) in [6, 6.07) is 11.9. The van der Waals surface area contributed by atoms with Crippen molar-refractivity contribution in [2.24, 2.45) is 5.73 Å². The number of aromatic nitrogens is 2. The van der Waals surface area contributed by atoms with Gasteiger partial charge in [0.05, 0.1) is 6.54 Å². The minimum absolute atomic E-state index is 0. The van der Waals surface area contributed by atoms with Gasteiger partial charge in [-0.25, -0.2) is 0 Å². The second kappa shape index (κ2) is 13.8. The van der Waals surface area contributed by atoms with Gasteiger partial charge in [-0.15, -0.1) is 37.2 Å². The normalized spacial score (nSPS) is 15.4. The summed E-state index contributed by atoms with van der Waals surface area (Å²) < 4.78 is 1.96. The zero-order chi connectivity index (χ0) is 18.4. The molecular formula is C20H32Cl3N5O. The number of hydrogen-bond acceptors (Lipinski definition) is 4. The fourth-order valence-electron chi connectivity index (χ4n) is 3.56. The molecule has 1 aromatic carbocycles. The van der Waals surface area contributed by atoms with Crippen molar-refractivity contribution < 1.29 is 4.79 Å². The van der Waals surface area contributed by atoms with E-state index in [4.69, 9.17) is 5.73 Å². The molecule has 9 heteroatoms. The summed E-state index contributed by atoms with van der Waals surface area (Å²) in [7, 11) is 1.92. The molecule has 1 saturated heterocycles. The predicted octanol–water partition coefficient (Wildman–Crippen LogP) is 3.16. The lowest BCUT2D eigenvalue weighted by molar-refractivity contribution is -0.133. The van der Waals surface area contributed by atoms with Gasteiger partial charge >= 0.3 is 0 Å². The lowest BCUT2D eigenvalue weighted by Gasteiger charge is -2.37. The smallest absolute Gasteiger partial charge is 0.224 e. The molecule has 2 aromatic rings. The zero-order valence-electron chi connectivity index (χ0n) is 16.7. The Morgan fingerprint density at radius 3 is 2.38 bits per heavy atom. The fourth-order valence-corrected chi connectivity index (χ4v) is 3.56. The van der Waals surface area contributed by atoms with E-state index in [-0.39, 0.29) is 49.2 Å². The molecular weight excluding hydrogens is 433 g/mol. The van der Waals surface area contributed by atoms with Gasteiger partial charge in [0, 0.05) is 57.6 Å². The van der Waals surface area contributed by atoms with E-state index < -0.39 is 0 Å². The summed E-state index contributed by atoms with van der Waals surface area (Å²) in [5.74, 6) is 0.136. The van der Waals surface area contributed by atoms with Crippen LogP contribution in [0.3, 0.4) is 0 Å². The monoisotopic (exact) mass is 463 g/mol. The van der Waals surface area contributed by atoms with Crippen molar-refractivity contribution in [1.29, 1.82) is 0 Å². The van der Waals surface area contributed by atoms with E-state index in [1.165, 1.54) is 0 Å². The van der Waals surface area contributed by atoms with E-state index >= 15 is 0 Å². The molecule has 6 nitrogen and oxygen atoms in total. The van der Waals surface area contributed by atoms with E-state index in [1.54, 1.807) is 0 Å². The third-order valence-corrected chi connectivity index (χ3v) is 5.32. The lowest BCUT2D eigenvalue weighted by Crippen LogP contribution is -2.46. The van der Waals surface area contributed by atoms with Crippen LogP contribution in [0.15, 0.2) is 48.8 Å². The molecule has 0 spiro atoms. The van der Waals surface area contributed by atoms with Gasteiger partial charge in [0.25, 0.3) is 0 Å². The van der Waals surface area contributed by atoms with Crippen LogP contribution in [0.5, 0.6) is 0 Å². The minimum Gasteiger partial charge on any atom is -0.343 e. The molecule has 1 amide bonds. The van der Waals surface area contributed by atoms with Crippen LogP contribution in [0, 0.1) is 0 Å². The Morgan fingerprint density at radius 1 is 1.14 bits per heavy atom. The first-order valence-corrected chi connectivity index (χ1v) is 9.39. The SMILES string of the molecule is CN(C(=O)CC(N)c1ccccc1)C1CCN(CCn2cccn2)CC1.Cl.Cl.Cl. The first kappa shape index (κ1) is 27.7. The molecule has 1 unspecified atom stereocenters. The van der Waals surface area contributed by atoms with E-state index in [0.29, 0.717) is 12.5 Å². The molecule has 2 heterocycles. The number of likely N-dealkylation sites (tertiary alicyclic amines) is 1. The molecule has 1 fully saturated rings. The Hall–Kier alpha value is -1.31. The Bertz CT molecular complexity index is 679. The number of rotatable bonds is 7. The molecule has 0 aliphatic carbocycles. The van der Waals surface area contributed by atoms with Crippen molar-refractivity contribution in [2.45, 2.75) is 37.9 Å². The van der Waals surface area contributed by atoms with E-state index in [0.717, 1.165) is 44.6 Å². The quantitative estimate of drug-likeness (QED) is 0.683. The third kappa shape index (κ3) is 8.15. The molecule has 1 aliphatic rings. The molecule has 0 radical (unpaired) electrons. The summed E-state index contributed by atoms with van der Waals surface area (Å²) >= 11 is 0. The van der Waals surface area contributed by atoms with Gasteiger partial charge in [-0.05, 0) is 24.5 Å². The largest absolute Gasteiger partial charge is 0.343 e. The number of halogens is 3. The molecule has 0 bridgehead atoms. The van der Waals surface area contributed by atoms with Crippen LogP contribution in [-0.2, 0) is 11.3 Å². The number of nitrogens with two attached hydrogens (primary N) is 1. The summed E-state index contributed by atoms with van der Waals surface area (Å²) in [5.41, 5.74) is 7.22. The Kier molecular flexibility index (Phi) is 13.2. The van der Waals surface area contributed by atoms with Crippen LogP contribution in [0.25, 0.3) is 0 Å². The molecule has 29 heavy (non-hydrogen) atoms. The zero-order valence-corrected chi connectivity index (χ0v) is 19.2. The summed E-state index contributed by atoms with van der Waals surface area (Å²) in [4.78, 5) is 17.0. The van der Waals surface area contributed by atoms with Gasteiger partial charge in [-0.1, -0.05) is 30.3 Å². The maximum atomic E-state index is 12.6. The second-order valence-corrected chi connectivity index (χ2v) is 7.07. The highest BCUT2D eigenvalue weighted by molar-refractivity contribution is 5.86. The van der Waals surface area contributed by atoms with Crippen LogP contribution in [0.1, 0.15) is 30.9 Å². The van der Waals surface area contributed by atoms with E-state index in [1.807, 2.05) is 65.4 Å². The highest BCUT2D eigenvalue weighted by Gasteiger charge is 2.26. The Morgan fingerprint density at radius 2 is 1.79 bits per heavy atom. The first-order valence-electron chi connectivity index (χ1n) is 9.39. The second-order valence-electron chi connectivity index (χ2n) is 7.07. The van der Waals surface area contributed by atoms with Gasteiger partial charge < -0.3 is 15.5 Å². The summed E-state index contributed by atoms with van der Waals surface area (Å²) in [5, 5.41) is 4.24. The third-order valence-electron chi connectivity index (χ3n) is 5.32. The van der Waals surface area contributed by atoms with Gasteiger partial charge in [-0.3, -0.25) is 9.48 Å². The topological polar surface area (TPSA) is 67.4 Å². The van der Waals surface area contributed by atoms with Crippen LogP contribution in [0.4, 0.5) is 0 Å². The van der Waals surface area contributed by atoms with Gasteiger partial charge in [0.15, 0.2) is 0 Å². The predicted molar refractivity (Wildman–Crippen MR) is 124 cm³/mol. The number of piperidine rings is 1. The summed E-state index contributed by atoms with van der Waals surface area (Å²) in [6.07, 6.45) is 6.20. The number of carbonyl (C=O) groups is 1. The van der Waals surface area contributed by atoms with Gasteiger partial charge in [0.2, 0.25) is 5.91 Å². The van der Waals surface area contributed by atoms with E-state index in [9.17, 15) is 4.79 Å². The molecule has 1 aromatic heterocycles. The maximum absolute atomic E-state index is 12.6. The van der Waals surface area contributed by atoms with Gasteiger partial charge in [-0.2, -0.15) is 5.10 Å². The van der Waals surface area contributed by atoms with Crippen LogP contribution < -0.4 is 5.73 Å². The number of benzene rings is 1. The molecule has 1 atom stereocenters. The van der Waals surface area contributed by atoms with Crippen LogP contribution in [-0.4, -0.2) is 58.2 Å². The van der Waals surface area contributed by atoms with Crippen molar-refractivity contribution >= 4 is 43.1 Å². The van der Waals surface area contributed by atoms with Crippen molar-refractivity contribution in [3.63, 3.8) is 0 Å². The Balaban J connectivity index is 0.00000261. The molecule has 3 rings (SSSR count). The summed E-state index contributed by atoms with van der Waals surface area (Å²) in [6.45, 7) is 3.96. The molecule has 2 N–H and O–H groups in total. The van der Waals surface area contributed by atoms with E-state index in [2.05, 4.69) is 10.00 Å². The lowest BCUT2D eigenvalue weighted by atomic mass is 10.0. The number of hydrogen-bond donors (Lipinski definition) is 1. The molecule has 0 saturated carbocycles. The Labute approximate surface area is 192 Å². The van der Waals surface area contributed by atoms with Crippen molar-refractivity contribution in [3.8, 4) is 0 Å². The first-order chi connectivity index (χ1) is 12.6. The van der Waals surface area contributed by atoms with Crippen LogP contribution in [0.2, 0.25) is 0 Å². The standard InChI is InChI=1S/C20H29N5O.3ClH/c1-23(20(26)16-19(21)17-6-3-2-4-7-17)18-8-12-24(13-9-18)14-15-25-11-5-10-22-25;;;/h2-7,10-11,18-19H,8-9,12-16,21H2,1H3;3*1H. The van der Waals surface area contributed by atoms with Gasteiger partial charge in [0.1, 0.15) is 0 Å². The number of nitrogens with zero attached hydrogens (tertiary/aromatic N) is 4. The van der Waals surface area contributed by atoms with Crippen molar-refractivity contribution in [1.82, 2.24) is 19.6 Å². The fraction of sp³-hybridized carbons (Fsp3) is 0.500. The minimum atomic E-state index is -0.236. The maximum Gasteiger partial charge on any atom is 0.224 e. The van der Waals surface area contributed by atoms with Crippen molar-refractivity contribution in [3.05, 3.63) is 54.4 Å². The average molecular weight is 465 g/mol. The molecule has 164 valence electrons.